The SMILES string of the molecule is Cc1n[nH]c(=S)n1-c1cnc2ccccc2c1. The Kier molecular flexibility index (Phi) is 2.26. The van der Waals surface area contributed by atoms with Crippen molar-refractivity contribution in [2.75, 3.05) is 0 Å². The van der Waals surface area contributed by atoms with Gasteiger partial charge in [0.25, 0.3) is 0 Å². The standard InChI is InChI=1S/C12H10N4S/c1-8-14-15-12(17)16(8)10-6-9-4-2-3-5-11(9)13-7-10/h2-7H,1H3,(H,15,17). The number of benzene rings is 1. The normalized spacial score (nSPS) is 10.9. The number of fused-ring (bicyclic) bond motifs is 1. The largest absolute Gasteiger partial charge is 0.271 e. The van der Waals surface area contributed by atoms with Crippen LogP contribution < -0.4 is 0 Å². The molecule has 0 radical (unpaired) electrons. The first-order valence-electron chi connectivity index (χ1n) is 5.25. The molecule has 0 spiro atoms. The molecule has 2 aromatic heterocycles. The molecule has 17 heavy (non-hydrogen) atoms. The summed E-state index contributed by atoms with van der Waals surface area (Å²) in [5, 5.41) is 7.95. The highest BCUT2D eigenvalue weighted by atomic mass is 32.1. The summed E-state index contributed by atoms with van der Waals surface area (Å²) in [5.41, 5.74) is 1.91. The molecule has 2 heterocycles. The number of aryl methyl sites for hydroxylation is 1. The fourth-order valence-electron chi connectivity index (χ4n) is 1.86. The van der Waals surface area contributed by atoms with Gasteiger partial charge in [-0.2, -0.15) is 5.10 Å². The van der Waals surface area contributed by atoms with Crippen molar-refractivity contribution in [3.63, 3.8) is 0 Å². The van der Waals surface area contributed by atoms with E-state index in [0.717, 1.165) is 22.4 Å². The number of nitrogens with zero attached hydrogens (tertiary/aromatic N) is 3. The summed E-state index contributed by atoms with van der Waals surface area (Å²) in [5.74, 6) is 0.826. The van der Waals surface area contributed by atoms with Crippen LogP contribution in [0.1, 0.15) is 5.82 Å². The number of aromatic nitrogens is 4. The number of rotatable bonds is 1. The van der Waals surface area contributed by atoms with Crippen LogP contribution in [0.25, 0.3) is 16.6 Å². The van der Waals surface area contributed by atoms with Gasteiger partial charge < -0.3 is 0 Å². The molecule has 0 saturated carbocycles. The van der Waals surface area contributed by atoms with Gasteiger partial charge in [-0.25, -0.2) is 0 Å². The quantitative estimate of drug-likeness (QED) is 0.667. The topological polar surface area (TPSA) is 46.5 Å². The molecule has 1 N–H and O–H groups in total. The number of aromatic amines is 1. The number of hydrogen-bond acceptors (Lipinski definition) is 3. The molecule has 0 aliphatic carbocycles. The van der Waals surface area contributed by atoms with Crippen LogP contribution in [0, 0.1) is 11.7 Å². The van der Waals surface area contributed by atoms with E-state index in [0.29, 0.717) is 4.77 Å². The second-order valence-corrected chi connectivity index (χ2v) is 4.18. The maximum atomic E-state index is 5.19. The molecule has 0 aliphatic rings. The number of H-pyrrole nitrogens is 1. The molecule has 5 heteroatoms. The van der Waals surface area contributed by atoms with Gasteiger partial charge in [-0.15, -0.1) is 0 Å². The molecule has 0 fully saturated rings. The molecule has 0 bridgehead atoms. The molecular formula is C12H10N4S. The molecule has 0 saturated heterocycles. The third-order valence-electron chi connectivity index (χ3n) is 2.67. The van der Waals surface area contributed by atoms with E-state index >= 15 is 0 Å². The minimum absolute atomic E-state index is 0.583. The molecule has 4 nitrogen and oxygen atoms in total. The third-order valence-corrected chi connectivity index (χ3v) is 2.95. The number of para-hydroxylation sites is 1. The predicted molar refractivity (Wildman–Crippen MR) is 68.8 cm³/mol. The molecule has 3 rings (SSSR count). The van der Waals surface area contributed by atoms with Crippen LogP contribution >= 0.6 is 12.2 Å². The van der Waals surface area contributed by atoms with Gasteiger partial charge in [0.1, 0.15) is 5.82 Å². The van der Waals surface area contributed by atoms with Crippen molar-refractivity contribution >= 4 is 23.1 Å². The second-order valence-electron chi connectivity index (χ2n) is 3.80. The maximum Gasteiger partial charge on any atom is 0.199 e. The predicted octanol–water partition coefficient (Wildman–Crippen LogP) is 2.79. The summed E-state index contributed by atoms with van der Waals surface area (Å²) in [6.07, 6.45) is 1.81. The fraction of sp³-hybridized carbons (Fsp3) is 0.0833. The van der Waals surface area contributed by atoms with E-state index in [9.17, 15) is 0 Å². The smallest absolute Gasteiger partial charge is 0.199 e. The van der Waals surface area contributed by atoms with Crippen molar-refractivity contribution in [2.24, 2.45) is 0 Å². The molecule has 3 aromatic rings. The van der Waals surface area contributed by atoms with Crippen molar-refractivity contribution < 1.29 is 0 Å². The van der Waals surface area contributed by atoms with Gasteiger partial charge in [0.05, 0.1) is 17.4 Å². The van der Waals surface area contributed by atoms with Gasteiger partial charge in [0, 0.05) is 5.39 Å². The maximum absolute atomic E-state index is 5.19. The summed E-state index contributed by atoms with van der Waals surface area (Å²) in [6, 6.07) is 10.0. The van der Waals surface area contributed by atoms with Crippen LogP contribution in [0.4, 0.5) is 0 Å². The fourth-order valence-corrected chi connectivity index (χ4v) is 2.14. The van der Waals surface area contributed by atoms with E-state index in [1.54, 1.807) is 6.20 Å². The lowest BCUT2D eigenvalue weighted by molar-refractivity contribution is 0.958. The van der Waals surface area contributed by atoms with Gasteiger partial charge in [0.2, 0.25) is 0 Å². The minimum atomic E-state index is 0.583. The average Bonchev–Trinajstić information content (AvgIpc) is 2.68. The van der Waals surface area contributed by atoms with E-state index in [1.165, 1.54) is 0 Å². The second kappa shape index (κ2) is 3.78. The number of nitrogens with one attached hydrogen (secondary N) is 1. The Morgan fingerprint density at radius 2 is 2.12 bits per heavy atom. The Hall–Kier alpha value is -2.01. The first kappa shape index (κ1) is 10.2. The Morgan fingerprint density at radius 1 is 1.29 bits per heavy atom. The third kappa shape index (κ3) is 1.64. The van der Waals surface area contributed by atoms with Crippen molar-refractivity contribution in [3.8, 4) is 5.69 Å². The molecular weight excluding hydrogens is 232 g/mol. The Bertz CT molecular complexity index is 741. The van der Waals surface area contributed by atoms with Crippen LogP contribution in [0.2, 0.25) is 0 Å². The van der Waals surface area contributed by atoms with Crippen molar-refractivity contribution in [2.45, 2.75) is 6.92 Å². The van der Waals surface area contributed by atoms with Crippen molar-refractivity contribution in [1.82, 2.24) is 19.7 Å². The summed E-state index contributed by atoms with van der Waals surface area (Å²) in [4.78, 5) is 4.41. The van der Waals surface area contributed by atoms with Gasteiger partial charge in [0.15, 0.2) is 4.77 Å². The van der Waals surface area contributed by atoms with Gasteiger partial charge >= 0.3 is 0 Å². The number of hydrogen-bond donors (Lipinski definition) is 1. The Morgan fingerprint density at radius 3 is 2.88 bits per heavy atom. The first-order valence-corrected chi connectivity index (χ1v) is 5.66. The highest BCUT2D eigenvalue weighted by Crippen LogP contribution is 2.16. The van der Waals surface area contributed by atoms with Crippen LogP contribution in [-0.4, -0.2) is 19.7 Å². The molecule has 0 amide bonds. The monoisotopic (exact) mass is 242 g/mol. The van der Waals surface area contributed by atoms with Crippen LogP contribution in [0.15, 0.2) is 36.5 Å². The van der Waals surface area contributed by atoms with Crippen molar-refractivity contribution in [3.05, 3.63) is 47.1 Å². The summed E-state index contributed by atoms with van der Waals surface area (Å²) < 4.78 is 2.45. The molecule has 0 aliphatic heterocycles. The summed E-state index contributed by atoms with van der Waals surface area (Å²) >= 11 is 5.19. The Labute approximate surface area is 103 Å². The first-order chi connectivity index (χ1) is 8.25. The highest BCUT2D eigenvalue weighted by molar-refractivity contribution is 7.71. The summed E-state index contributed by atoms with van der Waals surface area (Å²) in [6.45, 7) is 1.90. The molecule has 0 atom stereocenters. The van der Waals surface area contributed by atoms with Crippen LogP contribution in [0.5, 0.6) is 0 Å². The molecule has 84 valence electrons. The van der Waals surface area contributed by atoms with E-state index in [1.807, 2.05) is 35.8 Å². The van der Waals surface area contributed by atoms with Gasteiger partial charge in [-0.05, 0) is 31.3 Å². The highest BCUT2D eigenvalue weighted by Gasteiger charge is 2.05. The van der Waals surface area contributed by atoms with Crippen LogP contribution in [0.3, 0.4) is 0 Å². The van der Waals surface area contributed by atoms with Crippen LogP contribution in [-0.2, 0) is 0 Å². The van der Waals surface area contributed by atoms with E-state index in [4.69, 9.17) is 12.2 Å². The molecule has 1 aromatic carbocycles. The zero-order chi connectivity index (χ0) is 11.8. The van der Waals surface area contributed by atoms with Gasteiger partial charge in [-0.3, -0.25) is 14.6 Å². The van der Waals surface area contributed by atoms with E-state index in [2.05, 4.69) is 21.2 Å². The lowest BCUT2D eigenvalue weighted by atomic mass is 10.2. The number of pyridine rings is 1. The lowest BCUT2D eigenvalue weighted by Crippen LogP contribution is -1.97. The minimum Gasteiger partial charge on any atom is -0.271 e. The average molecular weight is 242 g/mol. The molecule has 0 unspecified atom stereocenters. The van der Waals surface area contributed by atoms with Gasteiger partial charge in [-0.1, -0.05) is 18.2 Å². The summed E-state index contributed by atoms with van der Waals surface area (Å²) in [7, 11) is 0. The zero-order valence-corrected chi connectivity index (χ0v) is 10.0. The Balaban J connectivity index is 2.29. The van der Waals surface area contributed by atoms with E-state index < -0.39 is 0 Å². The van der Waals surface area contributed by atoms with E-state index in [-0.39, 0.29) is 0 Å². The van der Waals surface area contributed by atoms with Crippen molar-refractivity contribution in [1.29, 1.82) is 0 Å². The lowest BCUT2D eigenvalue weighted by Gasteiger charge is -2.04. The zero-order valence-electron chi connectivity index (χ0n) is 9.21.